The van der Waals surface area contributed by atoms with E-state index in [2.05, 4.69) is 57.3 Å². The van der Waals surface area contributed by atoms with Crippen LogP contribution in [0.3, 0.4) is 0 Å². The average Bonchev–Trinajstić information content (AvgIpc) is 2.67. The summed E-state index contributed by atoms with van der Waals surface area (Å²) in [7, 11) is 1.75. The summed E-state index contributed by atoms with van der Waals surface area (Å²) in [5.74, 6) is 2.62. The van der Waals surface area contributed by atoms with Crippen LogP contribution in [-0.2, 0) is 11.8 Å². The second-order valence-electron chi connectivity index (χ2n) is 8.66. The first-order chi connectivity index (χ1) is 13.8. The quantitative estimate of drug-likeness (QED) is 0.715. The van der Waals surface area contributed by atoms with Crippen molar-refractivity contribution in [1.82, 2.24) is 5.32 Å². The molecule has 0 saturated carbocycles. The van der Waals surface area contributed by atoms with Crippen LogP contribution in [0.1, 0.15) is 68.5 Å². The molecule has 0 aromatic heterocycles. The summed E-state index contributed by atoms with van der Waals surface area (Å²) in [5.41, 5.74) is 6.35. The second-order valence-corrected chi connectivity index (χ2v) is 8.66. The number of hydrogen-bond donors (Lipinski definition) is 1. The minimum atomic E-state index is 0.000591. The fourth-order valence-corrected chi connectivity index (χ4v) is 4.14. The van der Waals surface area contributed by atoms with Crippen molar-refractivity contribution in [3.63, 3.8) is 0 Å². The third-order valence-corrected chi connectivity index (χ3v) is 5.57. The van der Waals surface area contributed by atoms with Crippen molar-refractivity contribution in [2.75, 3.05) is 26.9 Å². The van der Waals surface area contributed by atoms with Gasteiger partial charge in [-0.1, -0.05) is 20.8 Å². The Hall–Kier alpha value is -2.20. The van der Waals surface area contributed by atoms with Crippen molar-refractivity contribution in [3.8, 4) is 17.2 Å². The third-order valence-electron chi connectivity index (χ3n) is 5.57. The smallest absolute Gasteiger partial charge is 0.161 e. The van der Waals surface area contributed by atoms with E-state index >= 15 is 0 Å². The van der Waals surface area contributed by atoms with E-state index in [0.717, 1.165) is 30.2 Å². The molecule has 158 valence electrons. The minimum Gasteiger partial charge on any atom is -0.496 e. The average molecular weight is 398 g/mol. The predicted octanol–water partition coefficient (Wildman–Crippen LogP) is 5.33. The highest BCUT2D eigenvalue weighted by atomic mass is 16.5. The fraction of sp³-hybridized carbons (Fsp3) is 0.520. The number of hydrogen-bond acceptors (Lipinski definition) is 4. The van der Waals surface area contributed by atoms with Gasteiger partial charge in [-0.3, -0.25) is 0 Å². The van der Waals surface area contributed by atoms with Gasteiger partial charge in [0.15, 0.2) is 11.5 Å². The summed E-state index contributed by atoms with van der Waals surface area (Å²) in [6, 6.07) is 8.95. The molecule has 1 atom stereocenters. The molecule has 2 aromatic carbocycles. The van der Waals surface area contributed by atoms with Gasteiger partial charge in [0.2, 0.25) is 0 Å². The van der Waals surface area contributed by atoms with Gasteiger partial charge in [-0.15, -0.1) is 0 Å². The zero-order valence-corrected chi connectivity index (χ0v) is 18.9. The highest BCUT2D eigenvalue weighted by molar-refractivity contribution is 5.54. The van der Waals surface area contributed by atoms with E-state index in [0.29, 0.717) is 13.2 Å². The number of rotatable bonds is 6. The molecule has 1 aliphatic heterocycles. The molecule has 0 bridgehead atoms. The molecular weight excluding hydrogens is 362 g/mol. The van der Waals surface area contributed by atoms with E-state index in [1.165, 1.54) is 27.8 Å². The van der Waals surface area contributed by atoms with Gasteiger partial charge in [-0.05, 0) is 84.7 Å². The van der Waals surface area contributed by atoms with Crippen LogP contribution in [0.15, 0.2) is 24.3 Å². The molecule has 0 amide bonds. The Morgan fingerprint density at radius 1 is 0.931 bits per heavy atom. The van der Waals surface area contributed by atoms with Crippen molar-refractivity contribution in [2.45, 2.75) is 59.4 Å². The molecule has 1 aliphatic rings. The van der Waals surface area contributed by atoms with Crippen LogP contribution in [0, 0.1) is 6.92 Å². The highest BCUT2D eigenvalue weighted by Crippen LogP contribution is 2.41. The summed E-state index contributed by atoms with van der Waals surface area (Å²) < 4.78 is 17.5. The molecule has 0 aliphatic carbocycles. The Labute approximate surface area is 175 Å². The molecular formula is C25H35NO3. The Kier molecular flexibility index (Phi) is 6.42. The lowest BCUT2D eigenvalue weighted by Crippen LogP contribution is -2.31. The number of fused-ring (bicyclic) bond motifs is 1. The van der Waals surface area contributed by atoms with Crippen LogP contribution in [0.4, 0.5) is 0 Å². The molecule has 0 radical (unpaired) electrons. The zero-order chi connectivity index (χ0) is 21.2. The van der Waals surface area contributed by atoms with Crippen molar-refractivity contribution >= 4 is 0 Å². The van der Waals surface area contributed by atoms with E-state index in [4.69, 9.17) is 14.2 Å². The predicted molar refractivity (Wildman–Crippen MR) is 119 cm³/mol. The van der Waals surface area contributed by atoms with Crippen LogP contribution in [-0.4, -0.2) is 26.9 Å². The third kappa shape index (κ3) is 4.37. The Morgan fingerprint density at radius 3 is 2.17 bits per heavy atom. The van der Waals surface area contributed by atoms with Gasteiger partial charge in [0.05, 0.1) is 26.4 Å². The molecule has 0 saturated heterocycles. The van der Waals surface area contributed by atoms with Gasteiger partial charge >= 0.3 is 0 Å². The maximum atomic E-state index is 5.91. The Bertz CT molecular complexity index is 867. The molecule has 1 unspecified atom stereocenters. The summed E-state index contributed by atoms with van der Waals surface area (Å²) >= 11 is 0. The molecule has 2 aromatic rings. The van der Waals surface area contributed by atoms with Gasteiger partial charge in [0.1, 0.15) is 5.75 Å². The summed E-state index contributed by atoms with van der Waals surface area (Å²) in [6.45, 7) is 15.1. The van der Waals surface area contributed by atoms with Gasteiger partial charge in [0, 0.05) is 6.54 Å². The Morgan fingerprint density at radius 2 is 1.59 bits per heavy atom. The number of benzene rings is 2. The topological polar surface area (TPSA) is 39.7 Å². The van der Waals surface area contributed by atoms with E-state index in [-0.39, 0.29) is 11.5 Å². The minimum absolute atomic E-state index is 0.000591. The summed E-state index contributed by atoms with van der Waals surface area (Å²) in [5, 5.41) is 3.73. The molecule has 4 nitrogen and oxygen atoms in total. The van der Waals surface area contributed by atoms with Crippen molar-refractivity contribution in [3.05, 3.63) is 52.1 Å². The maximum Gasteiger partial charge on any atom is 0.161 e. The van der Waals surface area contributed by atoms with Crippen molar-refractivity contribution in [2.24, 2.45) is 0 Å². The summed E-state index contributed by atoms with van der Waals surface area (Å²) in [6.07, 6.45) is 0.986. The number of ether oxygens (including phenoxy) is 3. The number of methoxy groups -OCH3 is 1. The second kappa shape index (κ2) is 8.66. The van der Waals surface area contributed by atoms with Crippen LogP contribution < -0.4 is 19.5 Å². The lowest BCUT2D eigenvalue weighted by Gasteiger charge is -2.32. The maximum absolute atomic E-state index is 5.91. The van der Waals surface area contributed by atoms with Crippen LogP contribution in [0.2, 0.25) is 0 Å². The lowest BCUT2D eigenvalue weighted by molar-refractivity contribution is 0.286. The van der Waals surface area contributed by atoms with Gasteiger partial charge in [0.25, 0.3) is 0 Å². The van der Waals surface area contributed by atoms with Crippen molar-refractivity contribution in [1.29, 1.82) is 0 Å². The van der Waals surface area contributed by atoms with E-state index < -0.39 is 0 Å². The van der Waals surface area contributed by atoms with Gasteiger partial charge in [-0.25, -0.2) is 0 Å². The van der Waals surface area contributed by atoms with Crippen LogP contribution in [0.25, 0.3) is 0 Å². The largest absolute Gasteiger partial charge is 0.496 e. The molecule has 29 heavy (non-hydrogen) atoms. The van der Waals surface area contributed by atoms with E-state index in [1.807, 2.05) is 13.8 Å². The normalized spacial score (nSPS) is 16.3. The van der Waals surface area contributed by atoms with Gasteiger partial charge < -0.3 is 19.5 Å². The Balaban J connectivity index is 2.14. The van der Waals surface area contributed by atoms with Crippen molar-refractivity contribution < 1.29 is 14.2 Å². The SMILES string of the molecule is CCOc1cc2c(cc1OCC)C(c1cc(C(C)(C)C)c(OC)cc1C)NCC2. The first-order valence-electron chi connectivity index (χ1n) is 10.6. The number of nitrogens with one attached hydrogen (secondary N) is 1. The first kappa shape index (κ1) is 21.5. The molecule has 4 heteroatoms. The lowest BCUT2D eigenvalue weighted by atomic mass is 9.81. The first-order valence-corrected chi connectivity index (χ1v) is 10.6. The van der Waals surface area contributed by atoms with Crippen LogP contribution in [0.5, 0.6) is 17.2 Å². The zero-order valence-electron chi connectivity index (χ0n) is 18.9. The highest BCUT2D eigenvalue weighted by Gasteiger charge is 2.28. The molecule has 1 heterocycles. The van der Waals surface area contributed by atoms with E-state index in [1.54, 1.807) is 7.11 Å². The number of aryl methyl sites for hydroxylation is 1. The molecule has 3 rings (SSSR count). The monoisotopic (exact) mass is 397 g/mol. The van der Waals surface area contributed by atoms with E-state index in [9.17, 15) is 0 Å². The standard InChI is InChI=1S/C25H35NO3/c1-8-28-22-13-17-10-11-26-24(19(17)15-23(22)29-9-2)18-14-20(25(4,5)6)21(27-7)12-16(18)3/h12-15,24,26H,8-11H2,1-7H3. The molecule has 1 N–H and O–H groups in total. The molecule has 0 fully saturated rings. The summed E-state index contributed by atoms with van der Waals surface area (Å²) in [4.78, 5) is 0. The fourth-order valence-electron chi connectivity index (χ4n) is 4.14. The van der Waals surface area contributed by atoms with Gasteiger partial charge in [-0.2, -0.15) is 0 Å². The van der Waals surface area contributed by atoms with Crippen LogP contribution >= 0.6 is 0 Å². The molecule has 0 spiro atoms.